The number of aryl methyl sites for hydroxylation is 1. The quantitative estimate of drug-likeness (QED) is 0.759. The lowest BCUT2D eigenvalue weighted by Crippen LogP contribution is -2.57. The van der Waals surface area contributed by atoms with E-state index in [4.69, 9.17) is 9.84 Å². The highest BCUT2D eigenvalue weighted by Crippen LogP contribution is 2.32. The van der Waals surface area contributed by atoms with Gasteiger partial charge in [0.05, 0.1) is 23.6 Å². The number of nitrogens with zero attached hydrogens (tertiary/aromatic N) is 2. The largest absolute Gasteiger partial charge is 0.396 e. The van der Waals surface area contributed by atoms with E-state index in [0.29, 0.717) is 56.9 Å². The van der Waals surface area contributed by atoms with Gasteiger partial charge in [0, 0.05) is 43.2 Å². The molecular formula is C23H28F2N2O3S. The maximum atomic E-state index is 14.3. The van der Waals surface area contributed by atoms with Crippen LogP contribution in [0.5, 0.6) is 0 Å². The van der Waals surface area contributed by atoms with Crippen molar-refractivity contribution >= 4 is 17.2 Å². The lowest BCUT2D eigenvalue weighted by molar-refractivity contribution is -0.127. The summed E-state index contributed by atoms with van der Waals surface area (Å²) in [5.74, 6) is -1.64. The summed E-state index contributed by atoms with van der Waals surface area (Å²) in [6.07, 6.45) is 1.77. The van der Waals surface area contributed by atoms with E-state index in [1.54, 1.807) is 6.07 Å². The van der Waals surface area contributed by atoms with Gasteiger partial charge in [-0.05, 0) is 49.9 Å². The summed E-state index contributed by atoms with van der Waals surface area (Å²) in [7, 11) is 0. The van der Waals surface area contributed by atoms with Crippen LogP contribution in [0.4, 0.5) is 8.78 Å². The minimum Gasteiger partial charge on any atom is -0.396 e. The molecule has 0 bridgehead atoms. The Balaban J connectivity index is 1.38. The molecule has 1 aromatic heterocycles. The summed E-state index contributed by atoms with van der Waals surface area (Å²) in [5, 5.41) is 9.10. The van der Waals surface area contributed by atoms with Crippen molar-refractivity contribution in [3.63, 3.8) is 0 Å². The Bertz CT molecular complexity index is 941. The number of hydrogen-bond donors (Lipinski definition) is 1. The van der Waals surface area contributed by atoms with E-state index in [9.17, 15) is 13.6 Å². The number of morpholine rings is 1. The number of carbonyl (C=O) groups is 1. The molecule has 0 unspecified atom stereocenters. The van der Waals surface area contributed by atoms with Crippen molar-refractivity contribution < 1.29 is 23.4 Å². The minimum absolute atomic E-state index is 0.0569. The molecule has 168 valence electrons. The first-order chi connectivity index (χ1) is 14.9. The van der Waals surface area contributed by atoms with Crippen molar-refractivity contribution in [1.82, 2.24) is 9.80 Å². The Hall–Kier alpha value is -1.87. The highest BCUT2D eigenvalue weighted by atomic mass is 32.1. The third-order valence-electron chi connectivity index (χ3n) is 6.21. The maximum absolute atomic E-state index is 14.3. The van der Waals surface area contributed by atoms with Crippen LogP contribution in [0, 0.1) is 18.6 Å². The van der Waals surface area contributed by atoms with Crippen molar-refractivity contribution in [2.75, 3.05) is 39.4 Å². The van der Waals surface area contributed by atoms with Crippen LogP contribution < -0.4 is 0 Å². The molecule has 2 aromatic rings. The molecule has 8 heteroatoms. The molecule has 0 atom stereocenters. The fourth-order valence-corrected chi connectivity index (χ4v) is 5.32. The molecule has 0 aliphatic carbocycles. The van der Waals surface area contributed by atoms with E-state index in [1.807, 2.05) is 24.0 Å². The molecule has 2 saturated heterocycles. The lowest BCUT2D eigenvalue weighted by atomic mass is 9.89. The van der Waals surface area contributed by atoms with Gasteiger partial charge < -0.3 is 14.7 Å². The molecule has 3 heterocycles. The molecule has 1 aromatic carbocycles. The van der Waals surface area contributed by atoms with Gasteiger partial charge in [-0.3, -0.25) is 9.69 Å². The highest BCUT2D eigenvalue weighted by Gasteiger charge is 2.41. The Morgan fingerprint density at radius 1 is 1.23 bits per heavy atom. The Morgan fingerprint density at radius 2 is 2.00 bits per heavy atom. The molecule has 1 amide bonds. The predicted octanol–water partition coefficient (Wildman–Crippen LogP) is 3.38. The normalized spacial score (nSPS) is 19.2. The van der Waals surface area contributed by atoms with Crippen molar-refractivity contribution in [1.29, 1.82) is 0 Å². The summed E-state index contributed by atoms with van der Waals surface area (Å²) in [6.45, 7) is 5.24. The molecule has 1 spiro atoms. The van der Waals surface area contributed by atoms with Gasteiger partial charge in [0.1, 0.15) is 0 Å². The summed E-state index contributed by atoms with van der Waals surface area (Å²) in [5.41, 5.74) is 0.534. The zero-order chi connectivity index (χ0) is 22.0. The number of halogens is 2. The first-order valence-electron chi connectivity index (χ1n) is 10.7. The van der Waals surface area contributed by atoms with Gasteiger partial charge in [0.15, 0.2) is 11.6 Å². The summed E-state index contributed by atoms with van der Waals surface area (Å²) in [4.78, 5) is 18.7. The number of benzene rings is 1. The molecule has 4 rings (SSSR count). The van der Waals surface area contributed by atoms with Gasteiger partial charge in [-0.1, -0.05) is 6.07 Å². The van der Waals surface area contributed by atoms with Crippen LogP contribution in [0.15, 0.2) is 24.3 Å². The maximum Gasteiger partial charge on any atom is 0.264 e. The van der Waals surface area contributed by atoms with Crippen LogP contribution in [0.3, 0.4) is 0 Å². The van der Waals surface area contributed by atoms with Gasteiger partial charge in [-0.25, -0.2) is 8.78 Å². The number of hydrogen-bond acceptors (Lipinski definition) is 5. The second-order valence-corrected chi connectivity index (χ2v) is 9.76. The monoisotopic (exact) mass is 450 g/mol. The van der Waals surface area contributed by atoms with E-state index in [0.717, 1.165) is 28.7 Å². The fraction of sp³-hybridized carbons (Fsp3) is 0.522. The molecule has 1 N–H and O–H groups in total. The van der Waals surface area contributed by atoms with Gasteiger partial charge in [0.2, 0.25) is 0 Å². The number of rotatable bonds is 5. The Morgan fingerprint density at radius 3 is 2.68 bits per heavy atom. The lowest BCUT2D eigenvalue weighted by Gasteiger charge is -2.47. The molecule has 2 aliphatic heterocycles. The molecule has 2 aliphatic rings. The molecular weight excluding hydrogens is 422 g/mol. The van der Waals surface area contributed by atoms with E-state index in [1.165, 1.54) is 11.3 Å². The van der Waals surface area contributed by atoms with Gasteiger partial charge in [-0.2, -0.15) is 0 Å². The zero-order valence-corrected chi connectivity index (χ0v) is 18.5. The van der Waals surface area contributed by atoms with Crippen LogP contribution in [-0.4, -0.2) is 65.8 Å². The first kappa shape index (κ1) is 22.3. The van der Waals surface area contributed by atoms with E-state index >= 15 is 0 Å². The van der Waals surface area contributed by atoms with Crippen LogP contribution in [-0.2, 0) is 17.7 Å². The van der Waals surface area contributed by atoms with Gasteiger partial charge in [-0.15, -0.1) is 11.3 Å². The van der Waals surface area contributed by atoms with Crippen molar-refractivity contribution in [2.45, 2.75) is 38.3 Å². The van der Waals surface area contributed by atoms with Crippen molar-refractivity contribution in [3.8, 4) is 0 Å². The summed E-state index contributed by atoms with van der Waals surface area (Å²) < 4.78 is 34.4. The standard InChI is InChI=1S/C23H28F2N2O3S/c1-16-2-3-20(31-16)22(29)27-9-11-30-23(15-27)5-7-26(8-6-23)14-18-12-17(4-10-28)13-19(24)21(18)25/h2-3,12-13,28H,4-11,14-15H2,1H3. The van der Waals surface area contributed by atoms with E-state index in [2.05, 4.69) is 4.90 Å². The number of aliphatic hydroxyl groups is 1. The number of likely N-dealkylation sites (tertiary alicyclic amines) is 1. The minimum atomic E-state index is -0.872. The topological polar surface area (TPSA) is 53.0 Å². The van der Waals surface area contributed by atoms with Crippen LogP contribution >= 0.6 is 11.3 Å². The van der Waals surface area contributed by atoms with Crippen LogP contribution in [0.1, 0.15) is 38.5 Å². The third kappa shape index (κ3) is 4.98. The predicted molar refractivity (Wildman–Crippen MR) is 115 cm³/mol. The Kier molecular flexibility index (Phi) is 6.71. The average Bonchev–Trinajstić information content (AvgIpc) is 3.19. The molecule has 31 heavy (non-hydrogen) atoms. The second kappa shape index (κ2) is 9.32. The summed E-state index contributed by atoms with van der Waals surface area (Å²) in [6, 6.07) is 6.63. The number of thiophene rings is 1. The van der Waals surface area contributed by atoms with E-state index < -0.39 is 11.6 Å². The molecule has 0 radical (unpaired) electrons. The van der Waals surface area contributed by atoms with Crippen LogP contribution in [0.25, 0.3) is 0 Å². The summed E-state index contributed by atoms with van der Waals surface area (Å²) >= 11 is 1.51. The molecule has 2 fully saturated rings. The third-order valence-corrected chi connectivity index (χ3v) is 7.20. The SMILES string of the molecule is Cc1ccc(C(=O)N2CCOC3(CCN(Cc4cc(CCO)cc(F)c4F)CC3)C2)s1. The number of carbonyl (C=O) groups excluding carboxylic acids is 1. The Labute approximate surface area is 185 Å². The second-order valence-electron chi connectivity index (χ2n) is 8.47. The van der Waals surface area contributed by atoms with Crippen molar-refractivity contribution in [2.24, 2.45) is 0 Å². The smallest absolute Gasteiger partial charge is 0.264 e. The van der Waals surface area contributed by atoms with E-state index in [-0.39, 0.29) is 18.1 Å². The van der Waals surface area contributed by atoms with Gasteiger partial charge in [0.25, 0.3) is 5.91 Å². The number of amides is 1. The van der Waals surface area contributed by atoms with Crippen molar-refractivity contribution in [3.05, 3.63) is 56.8 Å². The van der Waals surface area contributed by atoms with Gasteiger partial charge >= 0.3 is 0 Å². The highest BCUT2D eigenvalue weighted by molar-refractivity contribution is 7.13. The molecule has 5 nitrogen and oxygen atoms in total. The van der Waals surface area contributed by atoms with Crippen LogP contribution in [0.2, 0.25) is 0 Å². The number of piperidine rings is 1. The molecule has 0 saturated carbocycles. The first-order valence-corrected chi connectivity index (χ1v) is 11.5. The fourth-order valence-electron chi connectivity index (χ4n) is 4.48. The number of aliphatic hydroxyl groups excluding tert-OH is 1. The zero-order valence-electron chi connectivity index (χ0n) is 17.7. The number of ether oxygens (including phenoxy) is 1. The average molecular weight is 451 g/mol.